The lowest BCUT2D eigenvalue weighted by atomic mass is 10.2. The van der Waals surface area contributed by atoms with Crippen LogP contribution in [0.5, 0.6) is 5.75 Å². The third kappa shape index (κ3) is 12.7. The van der Waals surface area contributed by atoms with Crippen LogP contribution in [0.15, 0.2) is 30.3 Å². The minimum Gasteiger partial charge on any atom is -0.492 e. The topological polar surface area (TPSA) is 179 Å². The minimum atomic E-state index is -1.13. The predicted octanol–water partition coefficient (Wildman–Crippen LogP) is 0.595. The average Bonchev–Trinajstić information content (AvgIpc) is 2.97. The molecule has 1 saturated heterocycles. The van der Waals surface area contributed by atoms with E-state index in [4.69, 9.17) is 29.4 Å². The van der Waals surface area contributed by atoms with E-state index in [-0.39, 0.29) is 18.0 Å². The molecule has 0 aromatic carbocycles. The zero-order valence-corrected chi connectivity index (χ0v) is 23.8. The fraction of sp³-hybridized carbons (Fsp3) is 0.571. The quantitative estimate of drug-likeness (QED) is 0.369. The Bertz CT molecular complexity index is 1090. The maximum atomic E-state index is 11.6. The Kier molecular flexibility index (Phi) is 15.1. The molecule has 42 heavy (non-hydrogen) atoms. The van der Waals surface area contributed by atoms with Gasteiger partial charge in [0.2, 0.25) is 0 Å². The SMILES string of the molecule is NCCOc1cc(CN2CCOCCOCCN(Cc3cccc(C(=O)O)n3)CCOCCOCC2)nc(C(=O)O)c1. The van der Waals surface area contributed by atoms with Crippen molar-refractivity contribution in [2.24, 2.45) is 5.73 Å². The van der Waals surface area contributed by atoms with Crippen molar-refractivity contribution in [3.63, 3.8) is 0 Å². The molecule has 0 aliphatic carbocycles. The Hall–Kier alpha value is -3.24. The summed E-state index contributed by atoms with van der Waals surface area (Å²) in [6, 6.07) is 8.08. The van der Waals surface area contributed by atoms with Crippen LogP contribution in [0, 0.1) is 0 Å². The van der Waals surface area contributed by atoms with E-state index in [0.717, 1.165) is 0 Å². The van der Waals surface area contributed by atoms with E-state index in [1.165, 1.54) is 12.1 Å². The molecule has 0 unspecified atom stereocenters. The van der Waals surface area contributed by atoms with Gasteiger partial charge in [-0.25, -0.2) is 19.6 Å². The van der Waals surface area contributed by atoms with Gasteiger partial charge in [0.25, 0.3) is 0 Å². The summed E-state index contributed by atoms with van der Waals surface area (Å²) in [6.45, 7) is 7.34. The summed E-state index contributed by atoms with van der Waals surface area (Å²) in [7, 11) is 0. The Morgan fingerprint density at radius 1 is 0.738 bits per heavy atom. The number of carboxylic acid groups (broad SMARTS) is 2. The van der Waals surface area contributed by atoms with Gasteiger partial charge in [-0.05, 0) is 12.1 Å². The van der Waals surface area contributed by atoms with Gasteiger partial charge in [0, 0.05) is 57.9 Å². The van der Waals surface area contributed by atoms with Crippen molar-refractivity contribution in [3.8, 4) is 5.75 Å². The molecule has 0 radical (unpaired) electrons. The first-order valence-electron chi connectivity index (χ1n) is 14.0. The highest BCUT2D eigenvalue weighted by Gasteiger charge is 2.14. The molecule has 2 aromatic heterocycles. The Morgan fingerprint density at radius 2 is 1.24 bits per heavy atom. The minimum absolute atomic E-state index is 0.0144. The fourth-order valence-corrected chi connectivity index (χ4v) is 4.11. The molecule has 0 bridgehead atoms. The molecule has 1 aliphatic heterocycles. The Balaban J connectivity index is 1.52. The van der Waals surface area contributed by atoms with Gasteiger partial charge in [0.1, 0.15) is 18.1 Å². The zero-order valence-electron chi connectivity index (χ0n) is 23.8. The number of aromatic nitrogens is 2. The van der Waals surface area contributed by atoms with E-state index in [0.29, 0.717) is 116 Å². The highest BCUT2D eigenvalue weighted by atomic mass is 16.5. The van der Waals surface area contributed by atoms with Crippen LogP contribution in [0.4, 0.5) is 0 Å². The van der Waals surface area contributed by atoms with Crippen molar-refractivity contribution in [2.45, 2.75) is 13.1 Å². The van der Waals surface area contributed by atoms with Gasteiger partial charge in [0.05, 0.1) is 64.2 Å². The second-order valence-electron chi connectivity index (χ2n) is 9.44. The Labute approximate surface area is 245 Å². The lowest BCUT2D eigenvalue weighted by molar-refractivity contribution is 0.00596. The maximum Gasteiger partial charge on any atom is 0.354 e. The summed E-state index contributed by atoms with van der Waals surface area (Å²) >= 11 is 0. The number of nitrogens with two attached hydrogens (primary N) is 1. The number of rotatable bonds is 9. The molecule has 1 fully saturated rings. The van der Waals surface area contributed by atoms with Gasteiger partial charge in [0.15, 0.2) is 5.69 Å². The zero-order chi connectivity index (χ0) is 30.0. The number of carboxylic acids is 2. The van der Waals surface area contributed by atoms with Crippen molar-refractivity contribution in [1.82, 2.24) is 19.8 Å². The first kappa shape index (κ1) is 33.3. The van der Waals surface area contributed by atoms with E-state index in [2.05, 4.69) is 19.8 Å². The van der Waals surface area contributed by atoms with Crippen LogP contribution in [0.2, 0.25) is 0 Å². The average molecular weight is 592 g/mol. The number of ether oxygens (including phenoxy) is 5. The van der Waals surface area contributed by atoms with Crippen molar-refractivity contribution in [3.05, 3.63) is 53.1 Å². The lowest BCUT2D eigenvalue weighted by Crippen LogP contribution is -2.33. The van der Waals surface area contributed by atoms with Gasteiger partial charge >= 0.3 is 11.9 Å². The van der Waals surface area contributed by atoms with E-state index in [9.17, 15) is 19.8 Å². The van der Waals surface area contributed by atoms with Gasteiger partial charge in [-0.3, -0.25) is 9.80 Å². The maximum absolute atomic E-state index is 11.6. The molecule has 1 aliphatic rings. The Morgan fingerprint density at radius 3 is 1.74 bits per heavy atom. The molecule has 2 aromatic rings. The second kappa shape index (κ2) is 19.0. The number of carbonyl (C=O) groups is 2. The van der Waals surface area contributed by atoms with Crippen molar-refractivity contribution in [2.75, 3.05) is 92.2 Å². The smallest absolute Gasteiger partial charge is 0.354 e. The van der Waals surface area contributed by atoms with Crippen molar-refractivity contribution >= 4 is 11.9 Å². The summed E-state index contributed by atoms with van der Waals surface area (Å²) in [5.41, 5.74) is 6.66. The van der Waals surface area contributed by atoms with Crippen LogP contribution in [-0.2, 0) is 32.0 Å². The summed E-state index contributed by atoms with van der Waals surface area (Å²) in [5.74, 6) is -1.78. The molecule has 14 nitrogen and oxygen atoms in total. The van der Waals surface area contributed by atoms with Crippen LogP contribution >= 0.6 is 0 Å². The molecule has 0 spiro atoms. The van der Waals surface area contributed by atoms with Gasteiger partial charge in [-0.1, -0.05) is 6.07 Å². The van der Waals surface area contributed by atoms with E-state index >= 15 is 0 Å². The number of nitrogens with zero attached hydrogens (tertiary/aromatic N) is 4. The molecule has 4 N–H and O–H groups in total. The highest BCUT2D eigenvalue weighted by molar-refractivity contribution is 5.86. The predicted molar refractivity (Wildman–Crippen MR) is 151 cm³/mol. The largest absolute Gasteiger partial charge is 0.492 e. The molecular weight excluding hydrogens is 550 g/mol. The molecule has 3 rings (SSSR count). The van der Waals surface area contributed by atoms with E-state index in [1.54, 1.807) is 18.2 Å². The summed E-state index contributed by atoms with van der Waals surface area (Å²) < 4.78 is 28.7. The second-order valence-corrected chi connectivity index (χ2v) is 9.44. The van der Waals surface area contributed by atoms with Crippen LogP contribution in [-0.4, -0.2) is 134 Å². The first-order valence-corrected chi connectivity index (χ1v) is 14.0. The summed E-state index contributed by atoms with van der Waals surface area (Å²) in [6.07, 6.45) is 0. The normalized spacial score (nSPS) is 17.6. The third-order valence-electron chi connectivity index (χ3n) is 6.21. The molecule has 232 valence electrons. The number of pyridine rings is 2. The molecular formula is C28H41N5O9. The van der Waals surface area contributed by atoms with Gasteiger partial charge in [-0.2, -0.15) is 0 Å². The van der Waals surface area contributed by atoms with Crippen molar-refractivity contribution < 1.29 is 43.5 Å². The van der Waals surface area contributed by atoms with Crippen molar-refractivity contribution in [1.29, 1.82) is 0 Å². The van der Waals surface area contributed by atoms with Gasteiger partial charge in [-0.15, -0.1) is 0 Å². The lowest BCUT2D eigenvalue weighted by Gasteiger charge is -2.23. The first-order chi connectivity index (χ1) is 20.4. The molecule has 3 heterocycles. The monoisotopic (exact) mass is 591 g/mol. The van der Waals surface area contributed by atoms with E-state index in [1.807, 2.05) is 0 Å². The summed E-state index contributed by atoms with van der Waals surface area (Å²) in [5, 5.41) is 18.7. The van der Waals surface area contributed by atoms with Gasteiger partial charge < -0.3 is 39.6 Å². The molecule has 0 saturated carbocycles. The molecule has 0 amide bonds. The fourth-order valence-electron chi connectivity index (χ4n) is 4.11. The number of hydrogen-bond donors (Lipinski definition) is 3. The van der Waals surface area contributed by atoms with Crippen LogP contribution in [0.1, 0.15) is 32.4 Å². The number of hydrogen-bond acceptors (Lipinski definition) is 12. The van der Waals surface area contributed by atoms with Crippen LogP contribution in [0.3, 0.4) is 0 Å². The van der Waals surface area contributed by atoms with E-state index < -0.39 is 11.9 Å². The third-order valence-corrected chi connectivity index (χ3v) is 6.21. The highest BCUT2D eigenvalue weighted by Crippen LogP contribution is 2.16. The molecule has 14 heteroatoms. The number of aromatic carboxylic acids is 2. The summed E-state index contributed by atoms with van der Waals surface area (Å²) in [4.78, 5) is 35.5. The molecule has 0 atom stereocenters. The van der Waals surface area contributed by atoms with Crippen LogP contribution < -0.4 is 10.5 Å². The van der Waals surface area contributed by atoms with Crippen LogP contribution in [0.25, 0.3) is 0 Å². The standard InChI is InChI=1S/C28H41N5O9/c29-4-9-42-24-18-23(31-26(19-24)28(36)37)21-33-7-12-40-16-14-38-10-5-32(6-11-39-15-17-41-13-8-33)20-22-2-1-3-25(30-22)27(34)35/h1-3,18-19H,4-17,20-21,29H2,(H,34,35)(H,36,37).